The van der Waals surface area contributed by atoms with Gasteiger partial charge in [-0.1, -0.05) is 38.1 Å². The van der Waals surface area contributed by atoms with Crippen molar-refractivity contribution in [1.82, 2.24) is 19.8 Å². The number of amides is 3. The summed E-state index contributed by atoms with van der Waals surface area (Å²) in [6.45, 7) is 3.54. The highest BCUT2D eigenvalue weighted by Crippen LogP contribution is 2.31. The van der Waals surface area contributed by atoms with E-state index in [0.29, 0.717) is 18.1 Å². The highest BCUT2D eigenvalue weighted by atomic mass is 32.2. The number of hydrogen-bond donors (Lipinski definition) is 3. The molecule has 41 heavy (non-hydrogen) atoms. The topological polar surface area (TPSA) is 136 Å². The second-order valence-corrected chi connectivity index (χ2v) is 11.8. The predicted octanol–water partition coefficient (Wildman–Crippen LogP) is 3.39. The van der Waals surface area contributed by atoms with Crippen LogP contribution in [0.25, 0.3) is 0 Å². The first-order chi connectivity index (χ1) is 19.2. The number of urea groups is 1. The number of nitrogens with one attached hydrogen (secondary N) is 2. The van der Waals surface area contributed by atoms with Crippen LogP contribution in [0.4, 0.5) is 18.0 Å². The first-order valence-electron chi connectivity index (χ1n) is 13.0. The minimum Gasteiger partial charge on any atom is -0.481 e. The Kier molecular flexibility index (Phi) is 10.4. The number of carbonyl (C=O) groups is 3. The monoisotopic (exact) mass is 598 g/mol. The van der Waals surface area contributed by atoms with E-state index in [1.54, 1.807) is 0 Å². The number of carboxylic acids is 1. The zero-order chi connectivity index (χ0) is 30.4. The van der Waals surface area contributed by atoms with Crippen molar-refractivity contribution in [2.24, 2.45) is 0 Å². The molecule has 0 aliphatic carbocycles. The Morgan fingerprint density at radius 1 is 1.00 bits per heavy atom. The standard InChI is InChI=1S/C27H33F3N4O6S/c1-18(2)20-7-5-19(6-8-20)16-32-25(37)23-17-33(26(38)31-13-3-4-24(35)36)14-15-34(23)41(39,40)22-11-9-21(10-12-22)27(28,29)30/h5-12,18,23H,3-4,13-17H2,1-2H3,(H,31,38)(H,32,37)(H,35,36). The molecule has 2 aromatic carbocycles. The highest BCUT2D eigenvalue weighted by Gasteiger charge is 2.41. The van der Waals surface area contributed by atoms with Crippen LogP contribution in [-0.4, -0.2) is 72.9 Å². The maximum Gasteiger partial charge on any atom is 0.416 e. The maximum atomic E-state index is 13.5. The molecule has 3 amide bonds. The van der Waals surface area contributed by atoms with Gasteiger partial charge in [-0.2, -0.15) is 17.5 Å². The summed E-state index contributed by atoms with van der Waals surface area (Å²) in [5, 5.41) is 14.0. The van der Waals surface area contributed by atoms with Crippen LogP contribution in [-0.2, 0) is 32.3 Å². The second-order valence-electron chi connectivity index (χ2n) is 9.94. The maximum absolute atomic E-state index is 13.5. The highest BCUT2D eigenvalue weighted by molar-refractivity contribution is 7.89. The van der Waals surface area contributed by atoms with Crippen LogP contribution < -0.4 is 10.6 Å². The zero-order valence-electron chi connectivity index (χ0n) is 22.6. The van der Waals surface area contributed by atoms with Crippen molar-refractivity contribution in [2.45, 2.75) is 56.3 Å². The molecule has 2 aromatic rings. The number of benzene rings is 2. The molecule has 3 N–H and O–H groups in total. The van der Waals surface area contributed by atoms with Gasteiger partial charge in [-0.3, -0.25) is 9.59 Å². The number of aliphatic carboxylic acids is 1. The molecule has 0 saturated carbocycles. The van der Waals surface area contributed by atoms with E-state index in [0.717, 1.165) is 27.6 Å². The van der Waals surface area contributed by atoms with Crippen LogP contribution in [0.15, 0.2) is 53.4 Å². The molecule has 1 unspecified atom stereocenters. The van der Waals surface area contributed by atoms with Crippen molar-refractivity contribution < 1.29 is 41.1 Å². The minimum atomic E-state index is -4.65. The Labute approximate surface area is 236 Å². The number of carbonyl (C=O) groups excluding carboxylic acids is 2. The van der Waals surface area contributed by atoms with Gasteiger partial charge >= 0.3 is 18.2 Å². The fourth-order valence-corrected chi connectivity index (χ4v) is 5.85. The largest absolute Gasteiger partial charge is 0.481 e. The molecule has 0 radical (unpaired) electrons. The van der Waals surface area contributed by atoms with Crippen LogP contribution >= 0.6 is 0 Å². The van der Waals surface area contributed by atoms with Crippen molar-refractivity contribution in [1.29, 1.82) is 0 Å². The van der Waals surface area contributed by atoms with Gasteiger partial charge in [-0.05, 0) is 47.7 Å². The molecule has 224 valence electrons. The molecule has 3 rings (SSSR count). The summed E-state index contributed by atoms with van der Waals surface area (Å²) in [7, 11) is -4.41. The molecule has 0 bridgehead atoms. The molecule has 1 atom stereocenters. The van der Waals surface area contributed by atoms with Gasteiger partial charge in [-0.15, -0.1) is 0 Å². The summed E-state index contributed by atoms with van der Waals surface area (Å²) in [6, 6.07) is 8.55. The first-order valence-corrected chi connectivity index (χ1v) is 14.4. The number of alkyl halides is 3. The van der Waals surface area contributed by atoms with Crippen molar-refractivity contribution >= 4 is 27.9 Å². The molecule has 0 aromatic heterocycles. The molecule has 1 aliphatic rings. The lowest BCUT2D eigenvalue weighted by Crippen LogP contribution is -2.62. The number of sulfonamides is 1. The number of hydrogen-bond acceptors (Lipinski definition) is 5. The second kappa shape index (κ2) is 13.3. The van der Waals surface area contributed by atoms with Gasteiger partial charge in [0.1, 0.15) is 6.04 Å². The van der Waals surface area contributed by atoms with Gasteiger partial charge in [-0.25, -0.2) is 13.2 Å². The molecule has 10 nitrogen and oxygen atoms in total. The molecular weight excluding hydrogens is 565 g/mol. The molecule has 1 aliphatic heterocycles. The quantitative estimate of drug-likeness (QED) is 0.359. The molecule has 0 spiro atoms. The van der Waals surface area contributed by atoms with E-state index in [-0.39, 0.29) is 45.6 Å². The fourth-order valence-electron chi connectivity index (χ4n) is 4.28. The first kappa shape index (κ1) is 31.9. The van der Waals surface area contributed by atoms with E-state index in [9.17, 15) is 36.0 Å². The lowest BCUT2D eigenvalue weighted by molar-refractivity contribution is -0.138. The van der Waals surface area contributed by atoms with Gasteiger partial charge in [0.25, 0.3) is 0 Å². The van der Waals surface area contributed by atoms with Gasteiger partial charge < -0.3 is 20.6 Å². The van der Waals surface area contributed by atoms with Crippen LogP contribution in [0.1, 0.15) is 49.3 Å². The number of rotatable bonds is 10. The Morgan fingerprint density at radius 2 is 1.63 bits per heavy atom. The normalized spacial score (nSPS) is 16.4. The van der Waals surface area contributed by atoms with Crippen LogP contribution in [0.5, 0.6) is 0 Å². The number of carboxylic acid groups (broad SMARTS) is 1. The number of halogens is 3. The molecule has 1 saturated heterocycles. The van der Waals surface area contributed by atoms with Crippen LogP contribution in [0.2, 0.25) is 0 Å². The van der Waals surface area contributed by atoms with Crippen molar-refractivity contribution in [2.75, 3.05) is 26.2 Å². The molecular formula is C27H33F3N4O6S. The number of piperazine rings is 1. The summed E-state index contributed by atoms with van der Waals surface area (Å²) in [5.41, 5.74) is 0.855. The summed E-state index contributed by atoms with van der Waals surface area (Å²) >= 11 is 0. The summed E-state index contributed by atoms with van der Waals surface area (Å²) in [5.74, 6) is -1.39. The summed E-state index contributed by atoms with van der Waals surface area (Å²) in [4.78, 5) is 37.6. The Hall–Kier alpha value is -3.65. The lowest BCUT2D eigenvalue weighted by Gasteiger charge is -2.39. The van der Waals surface area contributed by atoms with Gasteiger partial charge in [0, 0.05) is 39.1 Å². The van der Waals surface area contributed by atoms with E-state index in [4.69, 9.17) is 5.11 Å². The van der Waals surface area contributed by atoms with E-state index >= 15 is 0 Å². The van der Waals surface area contributed by atoms with Crippen molar-refractivity contribution in [3.8, 4) is 0 Å². The summed E-state index contributed by atoms with van der Waals surface area (Å²) < 4.78 is 66.9. The van der Waals surface area contributed by atoms with Gasteiger partial charge in [0.15, 0.2) is 0 Å². The van der Waals surface area contributed by atoms with Crippen molar-refractivity contribution in [3.63, 3.8) is 0 Å². The molecule has 1 heterocycles. The SMILES string of the molecule is CC(C)c1ccc(CNC(=O)C2CN(C(=O)NCCCC(=O)O)CCN2S(=O)(=O)c2ccc(C(F)(F)F)cc2)cc1. The van der Waals surface area contributed by atoms with E-state index in [1.807, 2.05) is 38.1 Å². The van der Waals surface area contributed by atoms with Crippen LogP contribution in [0, 0.1) is 0 Å². The van der Waals surface area contributed by atoms with E-state index < -0.39 is 50.6 Å². The van der Waals surface area contributed by atoms with E-state index in [2.05, 4.69) is 10.6 Å². The Balaban J connectivity index is 1.80. The van der Waals surface area contributed by atoms with Gasteiger partial charge in [0.2, 0.25) is 15.9 Å². The van der Waals surface area contributed by atoms with E-state index in [1.165, 1.54) is 4.90 Å². The minimum absolute atomic E-state index is 0.0679. The average molecular weight is 599 g/mol. The Bertz CT molecular complexity index is 1330. The number of nitrogens with zero attached hydrogens (tertiary/aromatic N) is 2. The summed E-state index contributed by atoms with van der Waals surface area (Å²) in [6.07, 6.45) is -4.62. The van der Waals surface area contributed by atoms with Crippen molar-refractivity contribution in [3.05, 3.63) is 65.2 Å². The zero-order valence-corrected chi connectivity index (χ0v) is 23.5. The average Bonchev–Trinajstić information content (AvgIpc) is 2.93. The predicted molar refractivity (Wildman–Crippen MR) is 143 cm³/mol. The molecule has 1 fully saturated rings. The lowest BCUT2D eigenvalue weighted by atomic mass is 10.0. The Morgan fingerprint density at radius 3 is 2.20 bits per heavy atom. The van der Waals surface area contributed by atoms with Gasteiger partial charge in [0.05, 0.1) is 10.5 Å². The third-order valence-electron chi connectivity index (χ3n) is 6.67. The smallest absolute Gasteiger partial charge is 0.416 e. The third-order valence-corrected chi connectivity index (χ3v) is 8.59. The third kappa shape index (κ3) is 8.43. The fraction of sp³-hybridized carbons (Fsp3) is 0.444. The van der Waals surface area contributed by atoms with Crippen LogP contribution in [0.3, 0.4) is 0 Å². The molecule has 14 heteroatoms.